The summed E-state index contributed by atoms with van der Waals surface area (Å²) in [6, 6.07) is 4.02. The number of carbonyl (C=O) groups excluding carboxylic acids is 1. The number of unbranched alkanes of at least 4 members (excludes halogenated alkanes) is 12. The zero-order valence-electron chi connectivity index (χ0n) is 22.9. The highest BCUT2D eigenvalue weighted by atomic mass is 32.2. The lowest BCUT2D eigenvalue weighted by Crippen LogP contribution is -2.42. The van der Waals surface area contributed by atoms with Crippen LogP contribution in [-0.2, 0) is 20.8 Å². The van der Waals surface area contributed by atoms with Gasteiger partial charge in [-0.05, 0) is 37.5 Å². The van der Waals surface area contributed by atoms with E-state index in [1.165, 1.54) is 6.07 Å². The van der Waals surface area contributed by atoms with Crippen molar-refractivity contribution in [2.45, 2.75) is 115 Å². The summed E-state index contributed by atoms with van der Waals surface area (Å²) in [7, 11) is -2.95. The van der Waals surface area contributed by atoms with Gasteiger partial charge in [-0.15, -0.1) is 0 Å². The molecule has 0 atom stereocenters. The predicted molar refractivity (Wildman–Crippen MR) is 146 cm³/mol. The number of amides is 1. The molecule has 0 aliphatic carbocycles. The molecule has 0 fully saturated rings. The number of aliphatic hydroxyl groups is 2. The van der Waals surface area contributed by atoms with Gasteiger partial charge in [0.1, 0.15) is 9.84 Å². The molecule has 222 valence electrons. The molecule has 0 bridgehead atoms. The van der Waals surface area contributed by atoms with Crippen molar-refractivity contribution in [2.24, 2.45) is 0 Å². The van der Waals surface area contributed by atoms with Gasteiger partial charge in [-0.3, -0.25) is 4.79 Å². The molecule has 0 spiro atoms. The minimum Gasteiger partial charge on any atom is -0.358 e. The van der Waals surface area contributed by atoms with Crippen molar-refractivity contribution in [2.75, 3.05) is 16.8 Å². The van der Waals surface area contributed by atoms with Gasteiger partial charge in [0.05, 0.1) is 28.7 Å². The molecule has 0 aromatic heterocycles. The number of rotatable bonds is 20. The third-order valence-electron chi connectivity index (χ3n) is 6.61. The fourth-order valence-electron chi connectivity index (χ4n) is 4.26. The van der Waals surface area contributed by atoms with E-state index in [0.717, 1.165) is 82.8 Å². The summed E-state index contributed by atoms with van der Waals surface area (Å²) in [5.41, 5.74) is -2.11. The van der Waals surface area contributed by atoms with Crippen LogP contribution in [0.3, 0.4) is 0 Å². The Balaban J connectivity index is 2.19. The van der Waals surface area contributed by atoms with Gasteiger partial charge < -0.3 is 15.5 Å². The molecule has 0 aliphatic heterocycles. The lowest BCUT2D eigenvalue weighted by Gasteiger charge is -2.21. The van der Waals surface area contributed by atoms with E-state index in [0.29, 0.717) is 25.3 Å². The molecule has 1 rings (SSSR count). The number of sulfone groups is 1. The third-order valence-corrected chi connectivity index (χ3v) is 8.43. The SMILES string of the molecule is CCCCCCCS(=O)(=O)CCCCCCCCCCCC(O)(O)C(=O)Nc1ccc(C#N)c(C(F)(F)F)c1. The van der Waals surface area contributed by atoms with Crippen LogP contribution >= 0.6 is 0 Å². The summed E-state index contributed by atoms with van der Waals surface area (Å²) in [6.45, 7) is 2.13. The standard InChI is InChI=1S/C28H43F3N2O5S/c1-2-3-4-11-14-19-39(37,38)20-15-12-9-7-5-6-8-10-13-18-27(35,36)26(34)33-24-17-16-23(22-32)25(21-24)28(29,30)31/h16-17,21,35-36H,2-15,18-20H2,1H3,(H,33,34). The van der Waals surface area contributed by atoms with Crippen LogP contribution in [0.1, 0.15) is 114 Å². The van der Waals surface area contributed by atoms with Crippen LogP contribution in [0, 0.1) is 11.3 Å². The second-order valence-electron chi connectivity index (χ2n) is 10.1. The Morgan fingerprint density at radius 1 is 0.872 bits per heavy atom. The Labute approximate surface area is 230 Å². The number of nitriles is 1. The molecule has 0 unspecified atom stereocenters. The summed E-state index contributed by atoms with van der Waals surface area (Å²) in [4.78, 5) is 12.2. The van der Waals surface area contributed by atoms with Gasteiger partial charge in [0.15, 0.2) is 0 Å². The molecule has 7 nitrogen and oxygen atoms in total. The molecule has 0 radical (unpaired) electrons. The van der Waals surface area contributed by atoms with Crippen molar-refractivity contribution in [3.63, 3.8) is 0 Å². The van der Waals surface area contributed by atoms with E-state index in [9.17, 15) is 36.6 Å². The van der Waals surface area contributed by atoms with Crippen LogP contribution in [0.25, 0.3) is 0 Å². The van der Waals surface area contributed by atoms with E-state index in [2.05, 4.69) is 12.2 Å². The Morgan fingerprint density at radius 3 is 1.85 bits per heavy atom. The minimum atomic E-state index is -4.80. The quantitative estimate of drug-likeness (QED) is 0.120. The number of halogens is 3. The normalized spacial score (nSPS) is 12.3. The summed E-state index contributed by atoms with van der Waals surface area (Å²) in [5, 5.41) is 31.0. The Kier molecular flexibility index (Phi) is 15.7. The largest absolute Gasteiger partial charge is 0.417 e. The van der Waals surface area contributed by atoms with E-state index in [1.807, 2.05) is 0 Å². The molecule has 3 N–H and O–H groups in total. The van der Waals surface area contributed by atoms with Crippen molar-refractivity contribution in [1.82, 2.24) is 0 Å². The van der Waals surface area contributed by atoms with E-state index in [-0.39, 0.29) is 23.6 Å². The summed E-state index contributed by atoms with van der Waals surface area (Å²) in [6.07, 6.45) is 7.31. The zero-order chi connectivity index (χ0) is 29.4. The first kappa shape index (κ1) is 34.9. The molecule has 1 amide bonds. The smallest absolute Gasteiger partial charge is 0.358 e. The van der Waals surface area contributed by atoms with Crippen LogP contribution in [0.4, 0.5) is 18.9 Å². The summed E-state index contributed by atoms with van der Waals surface area (Å²) in [5.74, 6) is -3.43. The molecular formula is C28H43F3N2O5S. The molecule has 0 heterocycles. The molecule has 1 aromatic rings. The van der Waals surface area contributed by atoms with Gasteiger partial charge in [-0.2, -0.15) is 18.4 Å². The molecule has 1 aromatic carbocycles. The maximum Gasteiger partial charge on any atom is 0.417 e. The number of hydrogen-bond donors (Lipinski definition) is 3. The van der Waals surface area contributed by atoms with Gasteiger partial charge in [0.25, 0.3) is 5.91 Å². The van der Waals surface area contributed by atoms with E-state index in [4.69, 9.17) is 5.26 Å². The van der Waals surface area contributed by atoms with Crippen LogP contribution in [0.2, 0.25) is 0 Å². The highest BCUT2D eigenvalue weighted by Crippen LogP contribution is 2.33. The fraction of sp³-hybridized carbons (Fsp3) is 0.714. The first-order valence-electron chi connectivity index (χ1n) is 13.9. The van der Waals surface area contributed by atoms with Crippen LogP contribution in [-0.4, -0.2) is 41.8 Å². The van der Waals surface area contributed by atoms with Gasteiger partial charge in [0.2, 0.25) is 5.79 Å². The number of nitrogens with one attached hydrogen (secondary N) is 1. The lowest BCUT2D eigenvalue weighted by molar-refractivity contribution is -0.182. The minimum absolute atomic E-state index is 0.257. The number of alkyl halides is 3. The Hall–Kier alpha value is -2.16. The lowest BCUT2D eigenvalue weighted by atomic mass is 10.0. The Morgan fingerprint density at radius 2 is 1.36 bits per heavy atom. The van der Waals surface area contributed by atoms with Crippen molar-refractivity contribution < 1.29 is 36.6 Å². The van der Waals surface area contributed by atoms with Crippen LogP contribution < -0.4 is 5.32 Å². The topological polar surface area (TPSA) is 127 Å². The van der Waals surface area contributed by atoms with Gasteiger partial charge in [-0.25, -0.2) is 8.42 Å². The second-order valence-corrected chi connectivity index (χ2v) is 12.4. The highest BCUT2D eigenvalue weighted by Gasteiger charge is 2.36. The van der Waals surface area contributed by atoms with Gasteiger partial charge >= 0.3 is 6.18 Å². The monoisotopic (exact) mass is 576 g/mol. The van der Waals surface area contributed by atoms with Crippen LogP contribution in [0.15, 0.2) is 18.2 Å². The third kappa shape index (κ3) is 14.7. The molecule has 0 saturated heterocycles. The van der Waals surface area contributed by atoms with Crippen molar-refractivity contribution >= 4 is 21.4 Å². The Bertz CT molecular complexity index is 1020. The average molecular weight is 577 g/mol. The maximum absolute atomic E-state index is 13.1. The first-order chi connectivity index (χ1) is 18.3. The average Bonchev–Trinajstić information content (AvgIpc) is 2.86. The predicted octanol–water partition coefficient (Wildman–Crippen LogP) is 6.48. The first-order valence-corrected chi connectivity index (χ1v) is 15.7. The molecule has 39 heavy (non-hydrogen) atoms. The van der Waals surface area contributed by atoms with Gasteiger partial charge in [0, 0.05) is 12.1 Å². The molecular weight excluding hydrogens is 533 g/mol. The highest BCUT2D eigenvalue weighted by molar-refractivity contribution is 7.91. The number of nitrogens with zero attached hydrogens (tertiary/aromatic N) is 1. The number of anilines is 1. The summed E-state index contributed by atoms with van der Waals surface area (Å²) >= 11 is 0. The summed E-state index contributed by atoms with van der Waals surface area (Å²) < 4.78 is 63.4. The van der Waals surface area contributed by atoms with Crippen LogP contribution in [0.5, 0.6) is 0 Å². The fourth-order valence-corrected chi connectivity index (χ4v) is 5.75. The van der Waals surface area contributed by atoms with E-state index >= 15 is 0 Å². The number of hydrogen-bond acceptors (Lipinski definition) is 6. The van der Waals surface area contributed by atoms with Gasteiger partial charge in [-0.1, -0.05) is 77.6 Å². The van der Waals surface area contributed by atoms with Crippen molar-refractivity contribution in [1.29, 1.82) is 5.26 Å². The number of benzene rings is 1. The number of carbonyl (C=O) groups is 1. The molecule has 11 heteroatoms. The van der Waals surface area contributed by atoms with E-state index < -0.39 is 38.8 Å². The van der Waals surface area contributed by atoms with Crippen molar-refractivity contribution in [3.05, 3.63) is 29.3 Å². The zero-order valence-corrected chi connectivity index (χ0v) is 23.7. The van der Waals surface area contributed by atoms with E-state index in [1.54, 1.807) is 0 Å². The van der Waals surface area contributed by atoms with Crippen molar-refractivity contribution in [3.8, 4) is 6.07 Å². The maximum atomic E-state index is 13.1. The molecule has 0 saturated carbocycles. The molecule has 0 aliphatic rings. The second kappa shape index (κ2) is 17.5.